The second-order valence-corrected chi connectivity index (χ2v) is 2.54. The maximum Gasteiger partial charge on any atom is 0.0976 e. The van der Waals surface area contributed by atoms with Gasteiger partial charge in [-0.15, -0.1) is 25.3 Å². The number of rotatable bonds is 0. The van der Waals surface area contributed by atoms with Crippen LogP contribution >= 0.6 is 37.5 Å². The van der Waals surface area contributed by atoms with Gasteiger partial charge in [0.2, 0.25) is 0 Å². The van der Waals surface area contributed by atoms with Crippen LogP contribution in [0.5, 0.6) is 0 Å². The summed E-state index contributed by atoms with van der Waals surface area (Å²) in [6, 6.07) is 0. The molecule has 0 aromatic heterocycles. The first-order valence-electron chi connectivity index (χ1n) is 0.651. The zero-order valence-corrected chi connectivity index (χ0v) is 5.82. The Labute approximate surface area is 53.7 Å². The van der Waals surface area contributed by atoms with Crippen LogP contribution in [-0.4, -0.2) is 3.53 Å². The number of thiocarbonyl (C=S) groups is 1. The molecular weight excluding hydrogens is 136 g/mol. The topological polar surface area (TPSA) is 70.0 Å². The van der Waals surface area contributed by atoms with Crippen molar-refractivity contribution >= 4 is 41.0 Å². The average Bonchev–Trinajstić information content (AvgIpc) is 0.811. The molecule has 6 heavy (non-hydrogen) atoms. The molecule has 0 aliphatic rings. The predicted molar refractivity (Wildman–Crippen MR) is 40.6 cm³/mol. The molecule has 5 heteroatoms. The highest BCUT2D eigenvalue weighted by molar-refractivity contribution is 8.34. The van der Waals surface area contributed by atoms with Gasteiger partial charge in [-0.3, -0.25) is 0 Å². The normalized spacial score (nSPS) is 4.33. The summed E-state index contributed by atoms with van der Waals surface area (Å²) in [5, 5.41) is 0. The summed E-state index contributed by atoms with van der Waals surface area (Å²) in [4.78, 5) is 0. The van der Waals surface area contributed by atoms with Crippen LogP contribution in [0.3, 0.4) is 0 Å². The van der Waals surface area contributed by atoms with Crippen LogP contribution in [0.2, 0.25) is 0 Å². The van der Waals surface area contributed by atoms with E-state index in [0.29, 0.717) is 3.53 Å². The highest BCUT2D eigenvalue weighted by Crippen LogP contribution is 1.83. The van der Waals surface area contributed by atoms with Crippen LogP contribution in [0, 0.1) is 0 Å². The van der Waals surface area contributed by atoms with Gasteiger partial charge in [-0.05, 0) is 0 Å². The van der Waals surface area contributed by atoms with Crippen molar-refractivity contribution in [2.45, 2.75) is 0 Å². The van der Waals surface area contributed by atoms with Gasteiger partial charge >= 0.3 is 0 Å². The summed E-state index contributed by atoms with van der Waals surface area (Å²) >= 11 is 11.4. The van der Waals surface area contributed by atoms with Crippen LogP contribution in [0.1, 0.15) is 0 Å². The lowest BCUT2D eigenvalue weighted by Crippen LogP contribution is -1.46. The fourth-order valence-electron chi connectivity index (χ4n) is 0. The van der Waals surface area contributed by atoms with Crippen molar-refractivity contribution in [3.63, 3.8) is 0 Å². The van der Waals surface area contributed by atoms with Gasteiger partial charge in [0.25, 0.3) is 0 Å². The van der Waals surface area contributed by atoms with Crippen molar-refractivity contribution in [2.75, 3.05) is 0 Å². The fraction of sp³-hybridized carbons (Fsp3) is 0. The zero-order valence-electron chi connectivity index (χ0n) is 3.22. The second kappa shape index (κ2) is 9.20. The van der Waals surface area contributed by atoms with Crippen molar-refractivity contribution in [3.8, 4) is 0 Å². The molecule has 0 heterocycles. The molecule has 6 N–H and O–H groups in total. The molecule has 0 saturated heterocycles. The van der Waals surface area contributed by atoms with Crippen LogP contribution in [0.15, 0.2) is 0 Å². The van der Waals surface area contributed by atoms with Gasteiger partial charge in [0.05, 0.1) is 3.53 Å². The average molecular weight is 144 g/mol. The van der Waals surface area contributed by atoms with Gasteiger partial charge in [0.1, 0.15) is 0 Å². The molecule has 0 aromatic carbocycles. The SMILES string of the molecule is N.N.S=C(S)S. The first-order valence-corrected chi connectivity index (χ1v) is 1.95. The summed E-state index contributed by atoms with van der Waals surface area (Å²) < 4.78 is 0.389. The molecule has 40 valence electrons. The van der Waals surface area contributed by atoms with Crippen molar-refractivity contribution in [2.24, 2.45) is 0 Å². The molecule has 0 aliphatic heterocycles. The van der Waals surface area contributed by atoms with E-state index in [2.05, 4.69) is 37.5 Å². The Kier molecular flexibility index (Phi) is 24.4. The summed E-state index contributed by atoms with van der Waals surface area (Å²) in [5.74, 6) is 0. The third-order valence-electron chi connectivity index (χ3n) is 0. The van der Waals surface area contributed by atoms with E-state index < -0.39 is 0 Å². The number of hydrogen-bond acceptors (Lipinski definition) is 3. The van der Waals surface area contributed by atoms with Gasteiger partial charge < -0.3 is 12.3 Å². The Bertz CT molecular complexity index is 31.8. The molecule has 0 atom stereocenters. The van der Waals surface area contributed by atoms with E-state index in [9.17, 15) is 0 Å². The van der Waals surface area contributed by atoms with E-state index in [0.717, 1.165) is 0 Å². The second-order valence-electron chi connectivity index (χ2n) is 0.283. The molecule has 0 saturated carbocycles. The Balaban J connectivity index is -0.0000000450. The summed E-state index contributed by atoms with van der Waals surface area (Å²) in [6.45, 7) is 0. The first-order chi connectivity index (χ1) is 1.73. The maximum atomic E-state index is 4.27. The van der Waals surface area contributed by atoms with E-state index >= 15 is 0 Å². The van der Waals surface area contributed by atoms with Crippen molar-refractivity contribution in [1.29, 1.82) is 0 Å². The molecule has 0 fully saturated rings. The minimum Gasteiger partial charge on any atom is -0.344 e. The Morgan fingerprint density at radius 2 is 1.17 bits per heavy atom. The maximum absolute atomic E-state index is 4.27. The Morgan fingerprint density at radius 1 is 1.17 bits per heavy atom. The number of thiol groups is 2. The van der Waals surface area contributed by atoms with Crippen LogP contribution in [0.4, 0.5) is 0 Å². The summed E-state index contributed by atoms with van der Waals surface area (Å²) in [7, 11) is 0. The molecule has 0 aliphatic carbocycles. The van der Waals surface area contributed by atoms with Gasteiger partial charge in [-0.2, -0.15) is 0 Å². The van der Waals surface area contributed by atoms with Gasteiger partial charge in [0, 0.05) is 0 Å². The molecule has 0 radical (unpaired) electrons. The summed E-state index contributed by atoms with van der Waals surface area (Å²) in [5.41, 5.74) is 0. The predicted octanol–water partition coefficient (Wildman–Crippen LogP) is 1.45. The highest BCUT2D eigenvalue weighted by atomic mass is 32.2. The van der Waals surface area contributed by atoms with Crippen molar-refractivity contribution < 1.29 is 0 Å². The van der Waals surface area contributed by atoms with Crippen molar-refractivity contribution in [1.82, 2.24) is 12.3 Å². The first kappa shape index (κ1) is 15.9. The summed E-state index contributed by atoms with van der Waals surface area (Å²) in [6.07, 6.45) is 0. The monoisotopic (exact) mass is 144 g/mol. The van der Waals surface area contributed by atoms with Crippen LogP contribution < -0.4 is 12.3 Å². The molecule has 0 spiro atoms. The van der Waals surface area contributed by atoms with E-state index in [-0.39, 0.29) is 12.3 Å². The third-order valence-corrected chi connectivity index (χ3v) is 0. The minimum atomic E-state index is 0. The molecule has 0 unspecified atom stereocenters. The van der Waals surface area contributed by atoms with Crippen molar-refractivity contribution in [3.05, 3.63) is 0 Å². The quantitative estimate of drug-likeness (QED) is 0.307. The standard InChI is InChI=1S/CH2S3.2H3N/c2-1(3)4;;/h(H2,2,3,4);2*1H3. The smallest absolute Gasteiger partial charge is 0.0976 e. The molecule has 0 amide bonds. The van der Waals surface area contributed by atoms with E-state index in [1.165, 1.54) is 0 Å². The largest absolute Gasteiger partial charge is 0.344 e. The van der Waals surface area contributed by atoms with Gasteiger partial charge in [0.15, 0.2) is 0 Å². The number of hydrogen-bond donors (Lipinski definition) is 4. The van der Waals surface area contributed by atoms with E-state index in [1.807, 2.05) is 0 Å². The lowest BCUT2D eigenvalue weighted by Gasteiger charge is -1.59. The Hall–Kier alpha value is 0.710. The molecule has 2 nitrogen and oxygen atoms in total. The lowest BCUT2D eigenvalue weighted by molar-refractivity contribution is 2.13. The minimum absolute atomic E-state index is 0. The Morgan fingerprint density at radius 3 is 1.17 bits per heavy atom. The van der Waals surface area contributed by atoms with E-state index in [1.54, 1.807) is 0 Å². The van der Waals surface area contributed by atoms with Gasteiger partial charge in [-0.1, -0.05) is 12.2 Å². The third kappa shape index (κ3) is 129. The molecular formula is CH8N2S3. The van der Waals surface area contributed by atoms with E-state index in [4.69, 9.17) is 0 Å². The zero-order chi connectivity index (χ0) is 3.58. The fourth-order valence-corrected chi connectivity index (χ4v) is 0. The van der Waals surface area contributed by atoms with Crippen LogP contribution in [0.25, 0.3) is 0 Å². The van der Waals surface area contributed by atoms with Crippen LogP contribution in [-0.2, 0) is 0 Å². The molecule has 0 bridgehead atoms. The highest BCUT2D eigenvalue weighted by Gasteiger charge is 1.58. The lowest BCUT2D eigenvalue weighted by atomic mass is 11.9. The molecule has 0 aromatic rings. The van der Waals surface area contributed by atoms with Gasteiger partial charge in [-0.25, -0.2) is 0 Å². The molecule has 0 rings (SSSR count).